The Kier molecular flexibility index (Phi) is 5.40. The number of carbonyl (C=O) groups excluding carboxylic acids is 1. The molecule has 1 fully saturated rings. The van der Waals surface area contributed by atoms with Crippen LogP contribution in [0, 0.1) is 32.6 Å². The molecule has 0 radical (unpaired) electrons. The minimum Gasteiger partial charge on any atom is -0.352 e. The van der Waals surface area contributed by atoms with Crippen molar-refractivity contribution < 1.29 is 4.79 Å². The van der Waals surface area contributed by atoms with Crippen LogP contribution in [0.5, 0.6) is 0 Å². The fourth-order valence-electron chi connectivity index (χ4n) is 3.71. The van der Waals surface area contributed by atoms with Crippen LogP contribution < -0.4 is 11.1 Å². The largest absolute Gasteiger partial charge is 0.352 e. The number of hydrogen-bond donors (Lipinski definition) is 2. The number of benzene rings is 1. The van der Waals surface area contributed by atoms with Crippen LogP contribution in [-0.4, -0.2) is 19.0 Å². The standard InChI is InChI=1S/C18H28N2O/c1-12-8-13(2)17(14(3)9-12)18(21)20-11-16-7-5-4-6-15(16)10-19/h8-9,15-16H,4-7,10-11,19H2,1-3H3,(H,20,21). The fourth-order valence-corrected chi connectivity index (χ4v) is 3.71. The fraction of sp³-hybridized carbons (Fsp3) is 0.611. The zero-order valence-corrected chi connectivity index (χ0v) is 13.5. The molecule has 3 nitrogen and oxygen atoms in total. The van der Waals surface area contributed by atoms with Crippen molar-refractivity contribution in [2.45, 2.75) is 46.5 Å². The molecular weight excluding hydrogens is 260 g/mol. The summed E-state index contributed by atoms with van der Waals surface area (Å²) < 4.78 is 0. The number of nitrogens with one attached hydrogen (secondary N) is 1. The molecule has 0 aromatic heterocycles. The Balaban J connectivity index is 2.02. The third-order valence-corrected chi connectivity index (χ3v) is 4.80. The van der Waals surface area contributed by atoms with Crippen LogP contribution in [0.2, 0.25) is 0 Å². The first-order valence-corrected chi connectivity index (χ1v) is 8.09. The van der Waals surface area contributed by atoms with Crippen LogP contribution >= 0.6 is 0 Å². The van der Waals surface area contributed by atoms with Crippen molar-refractivity contribution in [1.82, 2.24) is 5.32 Å². The molecule has 116 valence electrons. The summed E-state index contributed by atoms with van der Waals surface area (Å²) in [5, 5.41) is 3.14. The molecular formula is C18H28N2O. The lowest BCUT2D eigenvalue weighted by Crippen LogP contribution is -2.37. The highest BCUT2D eigenvalue weighted by Crippen LogP contribution is 2.28. The molecule has 0 spiro atoms. The Morgan fingerprint density at radius 3 is 2.29 bits per heavy atom. The molecule has 2 unspecified atom stereocenters. The first kappa shape index (κ1) is 16.0. The van der Waals surface area contributed by atoms with E-state index in [1.54, 1.807) is 0 Å². The normalized spacial score (nSPS) is 22.1. The minimum absolute atomic E-state index is 0.0614. The van der Waals surface area contributed by atoms with E-state index in [1.807, 2.05) is 13.8 Å². The summed E-state index contributed by atoms with van der Waals surface area (Å²) >= 11 is 0. The molecule has 0 bridgehead atoms. The van der Waals surface area contributed by atoms with Gasteiger partial charge in [-0.25, -0.2) is 0 Å². The van der Waals surface area contributed by atoms with Gasteiger partial charge >= 0.3 is 0 Å². The summed E-state index contributed by atoms with van der Waals surface area (Å²) in [5.41, 5.74) is 10.0. The summed E-state index contributed by atoms with van der Waals surface area (Å²) in [6.45, 7) is 7.59. The van der Waals surface area contributed by atoms with E-state index in [0.29, 0.717) is 11.8 Å². The van der Waals surface area contributed by atoms with Gasteiger partial charge in [-0.1, -0.05) is 30.5 Å². The molecule has 1 aliphatic rings. The number of hydrogen-bond acceptors (Lipinski definition) is 2. The lowest BCUT2D eigenvalue weighted by molar-refractivity contribution is 0.0934. The van der Waals surface area contributed by atoms with E-state index in [4.69, 9.17) is 5.73 Å². The van der Waals surface area contributed by atoms with Crippen LogP contribution in [-0.2, 0) is 0 Å². The highest BCUT2D eigenvalue weighted by Gasteiger charge is 2.24. The summed E-state index contributed by atoms with van der Waals surface area (Å²) in [7, 11) is 0. The Morgan fingerprint density at radius 2 is 1.71 bits per heavy atom. The van der Waals surface area contributed by atoms with E-state index in [-0.39, 0.29) is 5.91 Å². The van der Waals surface area contributed by atoms with Gasteiger partial charge in [-0.15, -0.1) is 0 Å². The van der Waals surface area contributed by atoms with Gasteiger partial charge in [-0.3, -0.25) is 4.79 Å². The molecule has 0 heterocycles. The van der Waals surface area contributed by atoms with Gasteiger partial charge in [0.15, 0.2) is 0 Å². The zero-order valence-electron chi connectivity index (χ0n) is 13.5. The van der Waals surface area contributed by atoms with Gasteiger partial charge in [-0.05, 0) is 63.1 Å². The molecule has 0 saturated heterocycles. The van der Waals surface area contributed by atoms with Gasteiger partial charge in [0.05, 0.1) is 0 Å². The Hall–Kier alpha value is -1.35. The van der Waals surface area contributed by atoms with E-state index in [0.717, 1.165) is 29.8 Å². The predicted molar refractivity (Wildman–Crippen MR) is 87.5 cm³/mol. The van der Waals surface area contributed by atoms with E-state index in [1.165, 1.54) is 31.2 Å². The van der Waals surface area contributed by atoms with Gasteiger partial charge < -0.3 is 11.1 Å². The van der Waals surface area contributed by atoms with Gasteiger partial charge in [0.1, 0.15) is 0 Å². The van der Waals surface area contributed by atoms with Crippen LogP contribution in [0.4, 0.5) is 0 Å². The Morgan fingerprint density at radius 1 is 1.14 bits per heavy atom. The molecule has 21 heavy (non-hydrogen) atoms. The lowest BCUT2D eigenvalue weighted by atomic mass is 9.79. The van der Waals surface area contributed by atoms with Crippen LogP contribution in [0.15, 0.2) is 12.1 Å². The summed E-state index contributed by atoms with van der Waals surface area (Å²) in [4.78, 5) is 12.5. The second-order valence-electron chi connectivity index (χ2n) is 6.52. The first-order chi connectivity index (χ1) is 10.0. The number of amides is 1. The van der Waals surface area contributed by atoms with Gasteiger partial charge in [-0.2, -0.15) is 0 Å². The lowest BCUT2D eigenvalue weighted by Gasteiger charge is -2.30. The van der Waals surface area contributed by atoms with Crippen molar-refractivity contribution >= 4 is 5.91 Å². The molecule has 1 aromatic carbocycles. The zero-order chi connectivity index (χ0) is 15.4. The van der Waals surface area contributed by atoms with Gasteiger partial charge in [0, 0.05) is 12.1 Å². The third kappa shape index (κ3) is 3.85. The minimum atomic E-state index is 0.0614. The maximum atomic E-state index is 12.5. The summed E-state index contributed by atoms with van der Waals surface area (Å²) in [5.74, 6) is 1.17. The van der Waals surface area contributed by atoms with E-state index >= 15 is 0 Å². The van der Waals surface area contributed by atoms with E-state index < -0.39 is 0 Å². The van der Waals surface area contributed by atoms with Crippen molar-refractivity contribution in [3.05, 3.63) is 34.4 Å². The van der Waals surface area contributed by atoms with Crippen LogP contribution in [0.3, 0.4) is 0 Å². The highest BCUT2D eigenvalue weighted by atomic mass is 16.1. The molecule has 3 N–H and O–H groups in total. The average Bonchev–Trinajstić information content (AvgIpc) is 2.44. The highest BCUT2D eigenvalue weighted by molar-refractivity contribution is 5.97. The molecule has 1 aliphatic carbocycles. The third-order valence-electron chi connectivity index (χ3n) is 4.80. The maximum Gasteiger partial charge on any atom is 0.251 e. The van der Waals surface area contributed by atoms with Crippen molar-refractivity contribution in [2.24, 2.45) is 17.6 Å². The van der Waals surface area contributed by atoms with Gasteiger partial charge in [0.2, 0.25) is 0 Å². The van der Waals surface area contributed by atoms with Gasteiger partial charge in [0.25, 0.3) is 5.91 Å². The van der Waals surface area contributed by atoms with Crippen LogP contribution in [0.25, 0.3) is 0 Å². The molecule has 2 rings (SSSR count). The maximum absolute atomic E-state index is 12.5. The monoisotopic (exact) mass is 288 g/mol. The predicted octanol–water partition coefficient (Wildman–Crippen LogP) is 3.11. The van der Waals surface area contributed by atoms with Crippen molar-refractivity contribution in [3.8, 4) is 0 Å². The second kappa shape index (κ2) is 7.08. The second-order valence-corrected chi connectivity index (χ2v) is 6.52. The summed E-state index contributed by atoms with van der Waals surface area (Å²) in [6.07, 6.45) is 4.94. The number of carbonyl (C=O) groups is 1. The molecule has 3 heteroatoms. The number of nitrogens with two attached hydrogens (primary N) is 1. The van der Waals surface area contributed by atoms with Crippen molar-refractivity contribution in [2.75, 3.05) is 13.1 Å². The SMILES string of the molecule is Cc1cc(C)c(C(=O)NCC2CCCCC2CN)c(C)c1. The van der Waals surface area contributed by atoms with E-state index in [9.17, 15) is 4.79 Å². The smallest absolute Gasteiger partial charge is 0.251 e. The Labute approximate surface area is 128 Å². The summed E-state index contributed by atoms with van der Waals surface area (Å²) in [6, 6.07) is 4.15. The quantitative estimate of drug-likeness (QED) is 0.894. The topological polar surface area (TPSA) is 55.1 Å². The van der Waals surface area contributed by atoms with Crippen LogP contribution in [0.1, 0.15) is 52.7 Å². The average molecular weight is 288 g/mol. The molecule has 0 aliphatic heterocycles. The van der Waals surface area contributed by atoms with Crippen molar-refractivity contribution in [3.63, 3.8) is 0 Å². The molecule has 1 aromatic rings. The molecule has 1 amide bonds. The Bertz CT molecular complexity index is 487. The number of rotatable bonds is 4. The molecule has 1 saturated carbocycles. The van der Waals surface area contributed by atoms with Crippen molar-refractivity contribution in [1.29, 1.82) is 0 Å². The van der Waals surface area contributed by atoms with E-state index in [2.05, 4.69) is 24.4 Å². The molecule has 2 atom stereocenters. The number of aryl methyl sites for hydroxylation is 3. The first-order valence-electron chi connectivity index (χ1n) is 8.09.